The Hall–Kier alpha value is -2.88. The first-order valence-corrected chi connectivity index (χ1v) is 12.3. The Bertz CT molecular complexity index is 1410. The molecule has 3 aliphatic carbocycles. The topological polar surface area (TPSA) is 82.8 Å². The van der Waals surface area contributed by atoms with Gasteiger partial charge in [0.1, 0.15) is 11.3 Å². The molecule has 2 bridgehead atoms. The fraction of sp³-hybridized carbons (Fsp3) is 0.577. The van der Waals surface area contributed by atoms with Crippen molar-refractivity contribution in [2.75, 3.05) is 6.61 Å². The minimum atomic E-state index is -4.16. The number of aryl methyl sites for hydroxylation is 3. The number of ether oxygens (including phenoxy) is 1. The summed E-state index contributed by atoms with van der Waals surface area (Å²) in [6.07, 6.45) is -0.477. The number of alkyl halides is 3. The summed E-state index contributed by atoms with van der Waals surface area (Å²) in [6, 6.07) is 3.33. The van der Waals surface area contributed by atoms with Crippen LogP contribution in [0.15, 0.2) is 23.1 Å². The molecule has 4 aliphatic rings. The van der Waals surface area contributed by atoms with E-state index in [0.717, 1.165) is 29.1 Å². The van der Waals surface area contributed by atoms with Crippen molar-refractivity contribution < 1.29 is 17.9 Å². The van der Waals surface area contributed by atoms with E-state index in [9.17, 15) is 18.0 Å². The van der Waals surface area contributed by atoms with Crippen LogP contribution in [0.5, 0.6) is 0 Å². The Morgan fingerprint density at radius 1 is 1.08 bits per heavy atom. The lowest BCUT2D eigenvalue weighted by atomic mass is 9.33. The number of nitrogens with zero attached hydrogens (tertiary/aromatic N) is 5. The van der Waals surface area contributed by atoms with Crippen molar-refractivity contribution in [3.63, 3.8) is 0 Å². The average molecular weight is 500 g/mol. The smallest absolute Gasteiger partial charge is 0.373 e. The van der Waals surface area contributed by atoms with Crippen molar-refractivity contribution in [1.29, 1.82) is 0 Å². The second-order valence-electron chi connectivity index (χ2n) is 11.1. The maximum Gasteiger partial charge on any atom is 0.389 e. The zero-order chi connectivity index (χ0) is 25.5. The second-order valence-corrected chi connectivity index (χ2v) is 11.1. The van der Waals surface area contributed by atoms with Crippen molar-refractivity contribution in [2.24, 2.45) is 12.5 Å². The summed E-state index contributed by atoms with van der Waals surface area (Å²) in [4.78, 5) is 31.1. The van der Waals surface area contributed by atoms with Crippen molar-refractivity contribution in [2.45, 2.75) is 76.0 Å². The molecule has 1 aliphatic heterocycles. The Balaban J connectivity index is 1.35. The normalized spacial score (nSPS) is 29.6. The predicted octanol–water partition coefficient (Wildman–Crippen LogP) is 4.74. The number of hydrogen-bond acceptors (Lipinski definition) is 6. The predicted molar refractivity (Wildman–Crippen MR) is 126 cm³/mol. The molecule has 4 fully saturated rings. The first-order chi connectivity index (χ1) is 17.0. The van der Waals surface area contributed by atoms with E-state index in [1.807, 2.05) is 13.8 Å². The van der Waals surface area contributed by atoms with Crippen LogP contribution in [0.25, 0.3) is 11.2 Å². The molecule has 190 valence electrons. The van der Waals surface area contributed by atoms with Crippen molar-refractivity contribution in [3.05, 3.63) is 57.2 Å². The molecule has 36 heavy (non-hydrogen) atoms. The minimum absolute atomic E-state index is 0.00373. The Morgan fingerprint density at radius 3 is 2.50 bits per heavy atom. The van der Waals surface area contributed by atoms with Crippen LogP contribution in [0, 0.1) is 19.3 Å². The molecule has 7 nitrogen and oxygen atoms in total. The van der Waals surface area contributed by atoms with Gasteiger partial charge in [0, 0.05) is 43.7 Å². The molecular formula is C26H28F3N5O2. The van der Waals surface area contributed by atoms with Crippen molar-refractivity contribution in [1.82, 2.24) is 24.5 Å². The molecule has 1 saturated heterocycles. The molecule has 0 amide bonds. The molecule has 0 spiro atoms. The van der Waals surface area contributed by atoms with Gasteiger partial charge in [0.25, 0.3) is 0 Å². The molecule has 0 aromatic carbocycles. The lowest BCUT2D eigenvalue weighted by Gasteiger charge is -2.70. The van der Waals surface area contributed by atoms with Gasteiger partial charge in [0.15, 0.2) is 5.65 Å². The maximum atomic E-state index is 13.1. The molecule has 3 aromatic rings. The van der Waals surface area contributed by atoms with Gasteiger partial charge in [0.05, 0.1) is 23.2 Å². The van der Waals surface area contributed by atoms with E-state index in [4.69, 9.17) is 24.7 Å². The minimum Gasteiger partial charge on any atom is -0.373 e. The van der Waals surface area contributed by atoms with Gasteiger partial charge in [0.2, 0.25) is 5.56 Å². The van der Waals surface area contributed by atoms with Crippen LogP contribution in [0.3, 0.4) is 0 Å². The zero-order valence-corrected chi connectivity index (χ0v) is 20.5. The number of rotatable bonds is 4. The van der Waals surface area contributed by atoms with Gasteiger partial charge >= 0.3 is 6.18 Å². The third-order valence-electron chi connectivity index (χ3n) is 8.31. The van der Waals surface area contributed by atoms with Crippen LogP contribution >= 0.6 is 0 Å². The van der Waals surface area contributed by atoms with Crippen LogP contribution in [0.2, 0.25) is 0 Å². The highest BCUT2D eigenvalue weighted by atomic mass is 19.4. The average Bonchev–Trinajstić information content (AvgIpc) is 2.77. The highest BCUT2D eigenvalue weighted by molar-refractivity contribution is 5.75. The van der Waals surface area contributed by atoms with E-state index < -0.39 is 18.0 Å². The summed E-state index contributed by atoms with van der Waals surface area (Å²) < 4.78 is 46.9. The summed E-state index contributed by atoms with van der Waals surface area (Å²) >= 11 is 0. The molecule has 2 unspecified atom stereocenters. The van der Waals surface area contributed by atoms with E-state index >= 15 is 0 Å². The Kier molecular flexibility index (Phi) is 5.10. The molecule has 7 rings (SSSR count). The van der Waals surface area contributed by atoms with Gasteiger partial charge in [-0.1, -0.05) is 0 Å². The van der Waals surface area contributed by atoms with E-state index in [1.165, 1.54) is 10.6 Å². The summed E-state index contributed by atoms with van der Waals surface area (Å²) in [5, 5.41) is 0. The molecular weight excluding hydrogens is 471 g/mol. The van der Waals surface area contributed by atoms with Crippen LogP contribution in [-0.2, 0) is 17.2 Å². The summed E-state index contributed by atoms with van der Waals surface area (Å²) in [6.45, 7) is 4.28. The molecule has 3 saturated carbocycles. The second kappa shape index (κ2) is 7.81. The summed E-state index contributed by atoms with van der Waals surface area (Å²) in [5.74, 6) is 0.659. The Labute approximate surface area is 206 Å². The summed E-state index contributed by atoms with van der Waals surface area (Å²) in [7, 11) is 1.71. The van der Waals surface area contributed by atoms with Crippen LogP contribution in [-0.4, -0.2) is 37.3 Å². The van der Waals surface area contributed by atoms with Gasteiger partial charge in [-0.15, -0.1) is 0 Å². The van der Waals surface area contributed by atoms with Gasteiger partial charge < -0.3 is 9.30 Å². The number of fused-ring (bicyclic) bond motifs is 1. The van der Waals surface area contributed by atoms with E-state index in [2.05, 4.69) is 0 Å². The third kappa shape index (κ3) is 3.81. The van der Waals surface area contributed by atoms with Crippen LogP contribution in [0.4, 0.5) is 13.2 Å². The monoisotopic (exact) mass is 499 g/mol. The van der Waals surface area contributed by atoms with Gasteiger partial charge in [-0.3, -0.25) is 4.79 Å². The summed E-state index contributed by atoms with van der Waals surface area (Å²) in [5.41, 5.74) is 3.24. The maximum absolute atomic E-state index is 13.1. The highest BCUT2D eigenvalue weighted by Gasteiger charge is 2.71. The van der Waals surface area contributed by atoms with Gasteiger partial charge in [-0.05, 0) is 63.0 Å². The third-order valence-corrected chi connectivity index (χ3v) is 8.31. The number of aromatic nitrogens is 5. The Morgan fingerprint density at radius 2 is 1.81 bits per heavy atom. The fourth-order valence-electron chi connectivity index (χ4n) is 6.61. The van der Waals surface area contributed by atoms with E-state index in [-0.39, 0.29) is 23.0 Å². The van der Waals surface area contributed by atoms with Crippen LogP contribution in [0.1, 0.15) is 79.0 Å². The zero-order valence-electron chi connectivity index (χ0n) is 20.5. The number of hydrogen-bond donors (Lipinski definition) is 0. The fourth-order valence-corrected chi connectivity index (χ4v) is 6.61. The molecule has 3 aromatic heterocycles. The highest BCUT2D eigenvalue weighted by Crippen LogP contribution is 2.76. The number of pyridine rings is 1. The molecule has 0 N–H and O–H groups in total. The standard InChI is InChI=1S/C26H28F3N5O2/c1-14-15(2)31-23-20(30-14)21(25-10-24(11-25,12-25)13-26(27,28)29)32-22(33-23)16-6-7-36-18(8-16)17-4-5-19(35)34(3)9-17/h4-5,9,16,18H,6-8,10-13H2,1-3H3. The van der Waals surface area contributed by atoms with E-state index in [0.29, 0.717) is 49.3 Å². The lowest BCUT2D eigenvalue weighted by molar-refractivity contribution is -0.234. The van der Waals surface area contributed by atoms with Crippen molar-refractivity contribution in [3.8, 4) is 0 Å². The lowest BCUT2D eigenvalue weighted by Crippen LogP contribution is -2.66. The SMILES string of the molecule is Cc1nc2nc(C3CCOC(c4ccc(=O)n(C)c4)C3)nc(C34CC(CC(F)(F)F)(C3)C4)c2nc1C. The first-order valence-electron chi connectivity index (χ1n) is 12.3. The number of halogens is 3. The van der Waals surface area contributed by atoms with E-state index in [1.54, 1.807) is 19.3 Å². The quantitative estimate of drug-likeness (QED) is 0.516. The van der Waals surface area contributed by atoms with Crippen LogP contribution < -0.4 is 5.56 Å². The first kappa shape index (κ1) is 23.5. The molecule has 10 heteroatoms. The molecule has 4 heterocycles. The largest absolute Gasteiger partial charge is 0.389 e. The van der Waals surface area contributed by atoms with Gasteiger partial charge in [-0.2, -0.15) is 13.2 Å². The molecule has 0 radical (unpaired) electrons. The van der Waals surface area contributed by atoms with Gasteiger partial charge in [-0.25, -0.2) is 19.9 Å². The van der Waals surface area contributed by atoms with Crippen molar-refractivity contribution >= 4 is 11.2 Å². The molecule has 2 atom stereocenters.